The van der Waals surface area contributed by atoms with Crippen molar-refractivity contribution in [2.24, 2.45) is 11.8 Å². The molecule has 5 nitrogen and oxygen atoms in total. The second-order valence-corrected chi connectivity index (χ2v) is 8.40. The molecule has 3 saturated heterocycles. The highest BCUT2D eigenvalue weighted by atomic mass is 35.5. The van der Waals surface area contributed by atoms with Crippen LogP contribution in [-0.4, -0.2) is 53.8 Å². The molecule has 4 rings (SSSR count). The first-order chi connectivity index (χ1) is 12.6. The number of carbonyl (C=O) groups is 2. The van der Waals surface area contributed by atoms with Crippen LogP contribution >= 0.6 is 11.6 Å². The minimum Gasteiger partial charge on any atom is -0.351 e. The quantitative estimate of drug-likeness (QED) is 0.878. The van der Waals surface area contributed by atoms with Gasteiger partial charge in [-0.15, -0.1) is 0 Å². The van der Waals surface area contributed by atoms with Gasteiger partial charge in [-0.3, -0.25) is 14.5 Å². The first-order valence-electron chi connectivity index (χ1n) is 9.61. The van der Waals surface area contributed by atoms with Crippen LogP contribution in [0.3, 0.4) is 0 Å². The Morgan fingerprint density at radius 1 is 1.27 bits per heavy atom. The van der Waals surface area contributed by atoms with E-state index in [1.165, 1.54) is 6.42 Å². The number of halogens is 1. The lowest BCUT2D eigenvalue weighted by Gasteiger charge is -2.52. The molecule has 1 aromatic carbocycles. The standard InChI is InChI=1S/C20H26ClN3O2/c21-17-4-1-3-14(8-17)9-22-19(25)13-23-10-15-7-16(12-23)18-5-2-6-20(26)24(18)11-15/h1,3-4,8,15-16,18H,2,5-7,9-13H2,(H,22,25)/t15?,16?,18-/m1/s1. The zero-order valence-corrected chi connectivity index (χ0v) is 15.8. The number of nitrogens with one attached hydrogen (secondary N) is 1. The summed E-state index contributed by atoms with van der Waals surface area (Å²) >= 11 is 5.99. The van der Waals surface area contributed by atoms with E-state index in [1.807, 2.05) is 24.3 Å². The van der Waals surface area contributed by atoms with Crippen LogP contribution in [0.15, 0.2) is 24.3 Å². The van der Waals surface area contributed by atoms with Crippen LogP contribution in [0.25, 0.3) is 0 Å². The lowest BCUT2D eigenvalue weighted by atomic mass is 9.76. The molecular formula is C20H26ClN3O2. The minimum absolute atomic E-state index is 0.0570. The van der Waals surface area contributed by atoms with Crippen LogP contribution < -0.4 is 5.32 Å². The molecule has 3 atom stereocenters. The predicted molar refractivity (Wildman–Crippen MR) is 101 cm³/mol. The number of carbonyl (C=O) groups excluding carboxylic acids is 2. The Morgan fingerprint density at radius 2 is 2.15 bits per heavy atom. The van der Waals surface area contributed by atoms with Crippen molar-refractivity contribution in [3.05, 3.63) is 34.9 Å². The van der Waals surface area contributed by atoms with Crippen molar-refractivity contribution in [2.45, 2.75) is 38.3 Å². The van der Waals surface area contributed by atoms with Crippen molar-refractivity contribution in [2.75, 3.05) is 26.2 Å². The Balaban J connectivity index is 1.31. The molecule has 0 saturated carbocycles. The van der Waals surface area contributed by atoms with E-state index in [4.69, 9.17) is 11.6 Å². The van der Waals surface area contributed by atoms with E-state index in [2.05, 4.69) is 15.1 Å². The Hall–Kier alpha value is -1.59. The van der Waals surface area contributed by atoms with E-state index in [1.54, 1.807) is 0 Å². The maximum atomic E-state index is 12.4. The highest BCUT2D eigenvalue weighted by molar-refractivity contribution is 6.30. The van der Waals surface area contributed by atoms with Gasteiger partial charge in [0, 0.05) is 43.7 Å². The Kier molecular flexibility index (Phi) is 5.18. The molecule has 3 aliphatic heterocycles. The molecule has 6 heteroatoms. The molecule has 3 aliphatic rings. The van der Waals surface area contributed by atoms with Gasteiger partial charge in [-0.05, 0) is 48.8 Å². The van der Waals surface area contributed by atoms with Gasteiger partial charge in [0.2, 0.25) is 11.8 Å². The fourth-order valence-electron chi connectivity index (χ4n) is 4.95. The van der Waals surface area contributed by atoms with Gasteiger partial charge in [0.05, 0.1) is 6.54 Å². The highest BCUT2D eigenvalue weighted by Crippen LogP contribution is 2.37. The molecule has 2 amide bonds. The number of likely N-dealkylation sites (tertiary alicyclic amines) is 1. The molecule has 3 heterocycles. The SMILES string of the molecule is O=C(CN1CC2CC(C1)[C@H]1CCCC(=O)N1C2)NCc1cccc(Cl)c1. The van der Waals surface area contributed by atoms with E-state index in [0.717, 1.165) is 38.0 Å². The topological polar surface area (TPSA) is 52.7 Å². The largest absolute Gasteiger partial charge is 0.351 e. The van der Waals surface area contributed by atoms with E-state index < -0.39 is 0 Å². The zero-order valence-electron chi connectivity index (χ0n) is 15.0. The maximum Gasteiger partial charge on any atom is 0.234 e. The number of hydrogen-bond acceptors (Lipinski definition) is 3. The normalized spacial score (nSPS) is 28.6. The van der Waals surface area contributed by atoms with Crippen LogP contribution in [0.5, 0.6) is 0 Å². The lowest BCUT2D eigenvalue weighted by Crippen LogP contribution is -2.61. The van der Waals surface area contributed by atoms with Crippen molar-refractivity contribution in [3.63, 3.8) is 0 Å². The summed E-state index contributed by atoms with van der Waals surface area (Å²) in [5, 5.41) is 3.69. The number of nitrogens with zero attached hydrogens (tertiary/aromatic N) is 2. The molecule has 2 bridgehead atoms. The monoisotopic (exact) mass is 375 g/mol. The highest BCUT2D eigenvalue weighted by Gasteiger charge is 2.43. The van der Waals surface area contributed by atoms with E-state index in [0.29, 0.717) is 48.3 Å². The van der Waals surface area contributed by atoms with Crippen LogP contribution in [0.1, 0.15) is 31.2 Å². The summed E-state index contributed by atoms with van der Waals surface area (Å²) in [5.74, 6) is 1.42. The van der Waals surface area contributed by atoms with Gasteiger partial charge in [-0.2, -0.15) is 0 Å². The number of fused-ring (bicyclic) bond motifs is 4. The number of benzene rings is 1. The average molecular weight is 376 g/mol. The number of hydrogen-bond donors (Lipinski definition) is 1. The van der Waals surface area contributed by atoms with Crippen molar-refractivity contribution in [1.29, 1.82) is 0 Å². The van der Waals surface area contributed by atoms with Crippen LogP contribution in [0, 0.1) is 11.8 Å². The smallest absolute Gasteiger partial charge is 0.234 e. The summed E-state index contributed by atoms with van der Waals surface area (Å²) in [7, 11) is 0. The summed E-state index contributed by atoms with van der Waals surface area (Å²) in [6, 6.07) is 7.96. The fourth-order valence-corrected chi connectivity index (χ4v) is 5.16. The third-order valence-electron chi connectivity index (χ3n) is 6.00. The predicted octanol–water partition coefficient (Wildman–Crippen LogP) is 2.29. The van der Waals surface area contributed by atoms with E-state index >= 15 is 0 Å². The van der Waals surface area contributed by atoms with E-state index in [-0.39, 0.29) is 5.91 Å². The summed E-state index contributed by atoms with van der Waals surface area (Å²) in [6.45, 7) is 3.66. The molecule has 1 N–H and O–H groups in total. The fraction of sp³-hybridized carbons (Fsp3) is 0.600. The molecule has 0 aromatic heterocycles. The minimum atomic E-state index is 0.0570. The molecule has 0 aliphatic carbocycles. The molecule has 0 radical (unpaired) electrons. The summed E-state index contributed by atoms with van der Waals surface area (Å²) in [5.41, 5.74) is 1.01. The van der Waals surface area contributed by atoms with Gasteiger partial charge in [0.25, 0.3) is 0 Å². The van der Waals surface area contributed by atoms with Crippen LogP contribution in [0.4, 0.5) is 0 Å². The number of rotatable bonds is 4. The molecule has 3 fully saturated rings. The van der Waals surface area contributed by atoms with Crippen LogP contribution in [0.2, 0.25) is 5.02 Å². The number of piperidine rings is 3. The van der Waals surface area contributed by atoms with Crippen molar-refractivity contribution >= 4 is 23.4 Å². The molecule has 0 spiro atoms. The average Bonchev–Trinajstić information content (AvgIpc) is 2.61. The third-order valence-corrected chi connectivity index (χ3v) is 6.24. The van der Waals surface area contributed by atoms with Crippen LogP contribution in [-0.2, 0) is 16.1 Å². The summed E-state index contributed by atoms with van der Waals surface area (Å²) in [4.78, 5) is 29.0. The molecule has 26 heavy (non-hydrogen) atoms. The van der Waals surface area contributed by atoms with Crippen molar-refractivity contribution in [1.82, 2.24) is 15.1 Å². The summed E-state index contributed by atoms with van der Waals surface area (Å²) < 4.78 is 0. The maximum absolute atomic E-state index is 12.4. The van der Waals surface area contributed by atoms with E-state index in [9.17, 15) is 9.59 Å². The molecular weight excluding hydrogens is 350 g/mol. The van der Waals surface area contributed by atoms with Gasteiger partial charge >= 0.3 is 0 Å². The third kappa shape index (κ3) is 3.89. The Morgan fingerprint density at radius 3 is 3.00 bits per heavy atom. The van der Waals surface area contributed by atoms with Gasteiger partial charge in [0.1, 0.15) is 0 Å². The van der Waals surface area contributed by atoms with Crippen molar-refractivity contribution in [3.8, 4) is 0 Å². The van der Waals surface area contributed by atoms with Gasteiger partial charge in [-0.25, -0.2) is 0 Å². The Bertz CT molecular complexity index is 695. The van der Waals surface area contributed by atoms with Crippen molar-refractivity contribution < 1.29 is 9.59 Å². The van der Waals surface area contributed by atoms with Gasteiger partial charge < -0.3 is 10.2 Å². The number of amides is 2. The first-order valence-corrected chi connectivity index (χ1v) is 9.99. The molecule has 1 aromatic rings. The first kappa shape index (κ1) is 17.8. The lowest BCUT2D eigenvalue weighted by molar-refractivity contribution is -0.145. The Labute approximate surface area is 159 Å². The molecule has 140 valence electrons. The van der Waals surface area contributed by atoms with Gasteiger partial charge in [0.15, 0.2) is 0 Å². The zero-order chi connectivity index (χ0) is 18.1. The molecule has 2 unspecified atom stereocenters. The summed E-state index contributed by atoms with van der Waals surface area (Å²) in [6.07, 6.45) is 4.06. The van der Waals surface area contributed by atoms with Gasteiger partial charge in [-0.1, -0.05) is 23.7 Å². The second-order valence-electron chi connectivity index (χ2n) is 7.97. The second kappa shape index (κ2) is 7.57.